The molecule has 2 nitrogen and oxygen atoms in total. The molecule has 0 aromatic carbocycles. The van der Waals surface area contributed by atoms with Gasteiger partial charge in [-0.25, -0.2) is 4.98 Å². The first-order valence-corrected chi connectivity index (χ1v) is 3.78. The maximum absolute atomic E-state index is 5.49. The van der Waals surface area contributed by atoms with Crippen LogP contribution < -0.4 is 0 Å². The van der Waals surface area contributed by atoms with E-state index < -0.39 is 0 Å². The smallest absolute Gasteiger partial charge is 0.209 e. The molecule has 0 unspecified atom stereocenters. The van der Waals surface area contributed by atoms with E-state index in [2.05, 4.69) is 18.8 Å². The van der Waals surface area contributed by atoms with Gasteiger partial charge in [-0.1, -0.05) is 13.8 Å². The second kappa shape index (κ2) is 3.06. The summed E-state index contributed by atoms with van der Waals surface area (Å²) in [5.41, 5.74) is 0. The van der Waals surface area contributed by atoms with Gasteiger partial charge in [0, 0.05) is 5.92 Å². The van der Waals surface area contributed by atoms with Crippen molar-refractivity contribution in [1.29, 1.82) is 0 Å². The van der Waals surface area contributed by atoms with Crippen molar-refractivity contribution in [3.63, 3.8) is 0 Å². The fourth-order valence-electron chi connectivity index (χ4n) is 0.653. The molecule has 56 valence electrons. The van der Waals surface area contributed by atoms with Crippen LogP contribution >= 0.6 is 11.6 Å². The molecule has 0 aliphatic heterocycles. The summed E-state index contributed by atoms with van der Waals surface area (Å²) in [6.07, 6.45) is 1.72. The monoisotopic (exact) mass is 159 g/mol. The maximum atomic E-state index is 5.49. The van der Waals surface area contributed by atoms with Crippen LogP contribution in [0.3, 0.4) is 0 Å². The molecule has 1 heterocycles. The standard InChI is InChI=1S/C7H10ClNO/c1-5(2)6-4-9-7(3-8)10-6/h4-5H,3H2,1-2H3. The number of oxazole rings is 1. The van der Waals surface area contributed by atoms with Crippen molar-refractivity contribution in [2.24, 2.45) is 0 Å². The van der Waals surface area contributed by atoms with Crippen molar-refractivity contribution in [3.05, 3.63) is 17.8 Å². The first-order chi connectivity index (χ1) is 4.74. The van der Waals surface area contributed by atoms with Crippen molar-refractivity contribution < 1.29 is 4.42 Å². The summed E-state index contributed by atoms with van der Waals surface area (Å²) in [6.45, 7) is 4.11. The van der Waals surface area contributed by atoms with E-state index in [0.29, 0.717) is 17.7 Å². The largest absolute Gasteiger partial charge is 0.444 e. The van der Waals surface area contributed by atoms with Crippen molar-refractivity contribution >= 4 is 11.6 Å². The van der Waals surface area contributed by atoms with Gasteiger partial charge in [0.05, 0.1) is 12.1 Å². The Morgan fingerprint density at radius 2 is 2.40 bits per heavy atom. The van der Waals surface area contributed by atoms with E-state index in [9.17, 15) is 0 Å². The second-order valence-electron chi connectivity index (χ2n) is 2.44. The number of rotatable bonds is 2. The zero-order valence-electron chi connectivity index (χ0n) is 6.10. The summed E-state index contributed by atoms with van der Waals surface area (Å²) in [5, 5.41) is 0. The molecule has 0 saturated heterocycles. The van der Waals surface area contributed by atoms with Gasteiger partial charge < -0.3 is 4.42 Å². The number of alkyl halides is 1. The molecule has 3 heteroatoms. The summed E-state index contributed by atoms with van der Waals surface area (Å²) < 4.78 is 5.25. The molecule has 0 N–H and O–H groups in total. The molecule has 1 rings (SSSR count). The van der Waals surface area contributed by atoms with Gasteiger partial charge in [0.2, 0.25) is 5.89 Å². The van der Waals surface area contributed by atoms with E-state index in [1.54, 1.807) is 6.20 Å². The van der Waals surface area contributed by atoms with Crippen LogP contribution in [0.4, 0.5) is 0 Å². The Hall–Kier alpha value is -0.500. The van der Waals surface area contributed by atoms with E-state index >= 15 is 0 Å². The highest BCUT2D eigenvalue weighted by Gasteiger charge is 2.05. The van der Waals surface area contributed by atoms with Gasteiger partial charge >= 0.3 is 0 Å². The fraction of sp³-hybridized carbons (Fsp3) is 0.571. The maximum Gasteiger partial charge on any atom is 0.209 e. The number of nitrogens with zero attached hydrogens (tertiary/aromatic N) is 1. The Balaban J connectivity index is 2.78. The summed E-state index contributed by atoms with van der Waals surface area (Å²) in [7, 11) is 0. The zero-order chi connectivity index (χ0) is 7.56. The molecule has 1 aromatic rings. The van der Waals surface area contributed by atoms with Gasteiger partial charge in [-0.05, 0) is 0 Å². The topological polar surface area (TPSA) is 26.0 Å². The number of hydrogen-bond donors (Lipinski definition) is 0. The Kier molecular flexibility index (Phi) is 2.33. The van der Waals surface area contributed by atoms with E-state index in [0.717, 1.165) is 5.76 Å². The molecule has 0 spiro atoms. The molecule has 0 radical (unpaired) electrons. The highest BCUT2D eigenvalue weighted by Crippen LogP contribution is 2.15. The van der Waals surface area contributed by atoms with Crippen LogP contribution in [0, 0.1) is 0 Å². The van der Waals surface area contributed by atoms with Crippen LogP contribution in [0.2, 0.25) is 0 Å². The van der Waals surface area contributed by atoms with Gasteiger partial charge in [-0.3, -0.25) is 0 Å². The average Bonchev–Trinajstić information content (AvgIpc) is 2.34. The molecular formula is C7H10ClNO. The van der Waals surface area contributed by atoms with Gasteiger partial charge in [-0.15, -0.1) is 11.6 Å². The Labute approximate surface area is 65.2 Å². The van der Waals surface area contributed by atoms with Crippen LogP contribution in [0.5, 0.6) is 0 Å². The number of halogens is 1. The average molecular weight is 160 g/mol. The molecule has 0 amide bonds. The minimum Gasteiger partial charge on any atom is -0.444 e. The quantitative estimate of drug-likeness (QED) is 0.620. The van der Waals surface area contributed by atoms with Crippen LogP contribution in [0.1, 0.15) is 31.4 Å². The molecule has 0 saturated carbocycles. The first kappa shape index (κ1) is 7.61. The lowest BCUT2D eigenvalue weighted by molar-refractivity contribution is 0.453. The van der Waals surface area contributed by atoms with Crippen molar-refractivity contribution in [1.82, 2.24) is 4.98 Å². The van der Waals surface area contributed by atoms with E-state index in [1.165, 1.54) is 0 Å². The van der Waals surface area contributed by atoms with E-state index in [-0.39, 0.29) is 0 Å². The molecule has 0 fully saturated rings. The van der Waals surface area contributed by atoms with Crippen molar-refractivity contribution in [2.45, 2.75) is 25.6 Å². The van der Waals surface area contributed by atoms with Crippen LogP contribution in [0.25, 0.3) is 0 Å². The van der Waals surface area contributed by atoms with Crippen molar-refractivity contribution in [3.8, 4) is 0 Å². The summed E-state index contributed by atoms with van der Waals surface area (Å²) in [6, 6.07) is 0. The Morgan fingerprint density at radius 1 is 1.70 bits per heavy atom. The van der Waals surface area contributed by atoms with Gasteiger partial charge in [0.25, 0.3) is 0 Å². The Morgan fingerprint density at radius 3 is 2.70 bits per heavy atom. The second-order valence-corrected chi connectivity index (χ2v) is 2.71. The Bertz CT molecular complexity index is 207. The third-order valence-corrected chi connectivity index (χ3v) is 1.48. The molecule has 0 bridgehead atoms. The molecule has 10 heavy (non-hydrogen) atoms. The predicted octanol–water partition coefficient (Wildman–Crippen LogP) is 2.54. The molecule has 0 aliphatic carbocycles. The normalized spacial score (nSPS) is 10.8. The summed E-state index contributed by atoms with van der Waals surface area (Å²) in [4.78, 5) is 3.96. The van der Waals surface area contributed by atoms with Gasteiger partial charge in [-0.2, -0.15) is 0 Å². The van der Waals surface area contributed by atoms with Gasteiger partial charge in [0.15, 0.2) is 0 Å². The molecule has 0 aliphatic rings. The number of hydrogen-bond acceptors (Lipinski definition) is 2. The highest BCUT2D eigenvalue weighted by atomic mass is 35.5. The third kappa shape index (κ3) is 1.51. The van der Waals surface area contributed by atoms with E-state index in [4.69, 9.17) is 16.0 Å². The lowest BCUT2D eigenvalue weighted by Crippen LogP contribution is -1.80. The van der Waals surface area contributed by atoms with Gasteiger partial charge in [0.1, 0.15) is 5.76 Å². The SMILES string of the molecule is CC(C)c1cnc(CCl)o1. The lowest BCUT2D eigenvalue weighted by atomic mass is 10.2. The van der Waals surface area contributed by atoms with Crippen LogP contribution in [-0.2, 0) is 5.88 Å². The first-order valence-electron chi connectivity index (χ1n) is 3.24. The minimum absolute atomic E-state index is 0.354. The highest BCUT2D eigenvalue weighted by molar-refractivity contribution is 6.16. The number of aromatic nitrogens is 1. The van der Waals surface area contributed by atoms with Crippen LogP contribution in [0.15, 0.2) is 10.6 Å². The predicted molar refractivity (Wildman–Crippen MR) is 40.1 cm³/mol. The van der Waals surface area contributed by atoms with E-state index in [1.807, 2.05) is 0 Å². The third-order valence-electron chi connectivity index (χ3n) is 1.25. The fourth-order valence-corrected chi connectivity index (χ4v) is 0.777. The van der Waals surface area contributed by atoms with Crippen molar-refractivity contribution in [2.75, 3.05) is 0 Å². The molecule has 1 aromatic heterocycles. The summed E-state index contributed by atoms with van der Waals surface area (Å²) in [5.74, 6) is 2.25. The minimum atomic E-state index is 0.354. The van der Waals surface area contributed by atoms with Crippen LogP contribution in [-0.4, -0.2) is 4.98 Å². The lowest BCUT2D eigenvalue weighted by Gasteiger charge is -1.95. The molecule has 0 atom stereocenters. The summed E-state index contributed by atoms with van der Waals surface area (Å²) >= 11 is 5.49. The molecular weight excluding hydrogens is 150 g/mol. The zero-order valence-corrected chi connectivity index (χ0v) is 6.85.